The summed E-state index contributed by atoms with van der Waals surface area (Å²) < 4.78 is 39.2. The van der Waals surface area contributed by atoms with E-state index in [4.69, 9.17) is 9.47 Å². The van der Waals surface area contributed by atoms with Crippen molar-refractivity contribution in [1.82, 2.24) is 10.2 Å². The third-order valence-corrected chi connectivity index (χ3v) is 8.26. The molecule has 3 rings (SSSR count). The van der Waals surface area contributed by atoms with Crippen LogP contribution in [-0.2, 0) is 26.2 Å². The molecule has 0 aliphatic carbocycles. The molecular weight excluding hydrogens is 530 g/mol. The van der Waals surface area contributed by atoms with Crippen molar-refractivity contribution in [2.24, 2.45) is 0 Å². The van der Waals surface area contributed by atoms with Crippen LogP contribution in [0, 0.1) is 6.92 Å². The molecule has 0 bridgehead atoms. The lowest BCUT2D eigenvalue weighted by molar-refractivity contribution is -0.139. The molecule has 0 aliphatic heterocycles. The number of hydrogen-bond acceptors (Lipinski definition) is 6. The van der Waals surface area contributed by atoms with Gasteiger partial charge in [-0.25, -0.2) is 8.42 Å². The van der Waals surface area contributed by atoms with Crippen LogP contribution in [-0.4, -0.2) is 58.5 Å². The number of carbonyl (C=O) groups excluding carboxylic acids is 2. The zero-order chi connectivity index (χ0) is 29.3. The first kappa shape index (κ1) is 30.5. The highest BCUT2D eigenvalue weighted by atomic mass is 32.2. The van der Waals surface area contributed by atoms with Gasteiger partial charge in [0, 0.05) is 13.1 Å². The maximum Gasteiger partial charge on any atom is 0.264 e. The van der Waals surface area contributed by atoms with Crippen molar-refractivity contribution < 1.29 is 27.5 Å². The highest BCUT2D eigenvalue weighted by Gasteiger charge is 2.32. The second-order valence-corrected chi connectivity index (χ2v) is 11.2. The molecule has 0 aromatic heterocycles. The number of anilines is 1. The number of hydrogen-bond donors (Lipinski definition) is 1. The average Bonchev–Trinajstić information content (AvgIpc) is 2.97. The lowest BCUT2D eigenvalue weighted by atomic mass is 10.1. The Morgan fingerprint density at radius 1 is 0.875 bits per heavy atom. The summed E-state index contributed by atoms with van der Waals surface area (Å²) in [4.78, 5) is 28.3. The van der Waals surface area contributed by atoms with Gasteiger partial charge >= 0.3 is 0 Å². The molecular formula is C30H37N3O6S. The van der Waals surface area contributed by atoms with E-state index in [0.29, 0.717) is 23.7 Å². The Labute approximate surface area is 236 Å². The molecule has 0 spiro atoms. The summed E-state index contributed by atoms with van der Waals surface area (Å²) in [6.45, 7) is 5.54. The summed E-state index contributed by atoms with van der Waals surface area (Å²) in [6, 6.07) is 19.2. The van der Waals surface area contributed by atoms with Crippen molar-refractivity contribution >= 4 is 27.5 Å². The van der Waals surface area contributed by atoms with Gasteiger partial charge in [0.25, 0.3) is 10.0 Å². The molecule has 9 nitrogen and oxygen atoms in total. The molecule has 3 aromatic carbocycles. The summed E-state index contributed by atoms with van der Waals surface area (Å²) in [7, 11) is -1.09. The molecule has 0 saturated carbocycles. The second-order valence-electron chi connectivity index (χ2n) is 9.36. The predicted octanol–water partition coefficient (Wildman–Crippen LogP) is 4.15. The van der Waals surface area contributed by atoms with Crippen LogP contribution in [0.4, 0.5) is 5.69 Å². The van der Waals surface area contributed by atoms with E-state index in [1.54, 1.807) is 62.6 Å². The molecule has 10 heteroatoms. The molecule has 1 atom stereocenters. The van der Waals surface area contributed by atoms with E-state index < -0.39 is 28.5 Å². The van der Waals surface area contributed by atoms with E-state index in [-0.39, 0.29) is 17.3 Å². The first-order valence-electron chi connectivity index (χ1n) is 13.0. The smallest absolute Gasteiger partial charge is 0.264 e. The van der Waals surface area contributed by atoms with Crippen molar-refractivity contribution in [2.75, 3.05) is 31.6 Å². The number of amides is 2. The van der Waals surface area contributed by atoms with Crippen LogP contribution in [0.5, 0.6) is 11.5 Å². The molecule has 3 aromatic rings. The fourth-order valence-corrected chi connectivity index (χ4v) is 5.44. The molecule has 0 aliphatic rings. The Morgan fingerprint density at radius 3 is 1.95 bits per heavy atom. The molecule has 1 N–H and O–H groups in total. The number of nitrogens with one attached hydrogen (secondary N) is 1. The van der Waals surface area contributed by atoms with E-state index in [2.05, 4.69) is 5.32 Å². The summed E-state index contributed by atoms with van der Waals surface area (Å²) in [5, 5.41) is 2.83. The molecule has 0 radical (unpaired) electrons. The van der Waals surface area contributed by atoms with Gasteiger partial charge in [-0.05, 0) is 74.4 Å². The Balaban J connectivity index is 2.00. The van der Waals surface area contributed by atoms with Crippen LogP contribution in [0.25, 0.3) is 0 Å². The molecule has 214 valence electrons. The van der Waals surface area contributed by atoms with Gasteiger partial charge in [-0.3, -0.25) is 13.9 Å². The van der Waals surface area contributed by atoms with Crippen LogP contribution in [0.1, 0.15) is 31.4 Å². The van der Waals surface area contributed by atoms with Crippen LogP contribution < -0.4 is 19.1 Å². The van der Waals surface area contributed by atoms with E-state index in [1.165, 1.54) is 24.1 Å². The SMILES string of the molecule is CCCNC(=O)[C@H](C)N(Cc1ccc(OC)cc1)C(=O)CN(c1ccc(C)cc1)S(=O)(=O)c1ccc(OC)cc1. The number of ether oxygens (including phenoxy) is 2. The van der Waals surface area contributed by atoms with Gasteiger partial charge in [0.15, 0.2) is 0 Å². The lowest BCUT2D eigenvalue weighted by Crippen LogP contribution is -2.51. The molecule has 2 amide bonds. The molecule has 40 heavy (non-hydrogen) atoms. The minimum Gasteiger partial charge on any atom is -0.497 e. The molecule has 0 heterocycles. The average molecular weight is 568 g/mol. The van der Waals surface area contributed by atoms with Gasteiger partial charge in [-0.15, -0.1) is 0 Å². The fourth-order valence-electron chi connectivity index (χ4n) is 4.02. The maximum atomic E-state index is 13.9. The Hall–Kier alpha value is -4.05. The lowest BCUT2D eigenvalue weighted by Gasteiger charge is -2.32. The highest BCUT2D eigenvalue weighted by Crippen LogP contribution is 2.26. The Morgan fingerprint density at radius 2 is 1.43 bits per heavy atom. The zero-order valence-electron chi connectivity index (χ0n) is 23.6. The molecule has 0 saturated heterocycles. The van der Waals surface area contributed by atoms with Crippen molar-refractivity contribution in [3.05, 3.63) is 83.9 Å². The quantitative estimate of drug-likeness (QED) is 0.333. The minimum atomic E-state index is -4.15. The Kier molecular flexibility index (Phi) is 10.6. The third-order valence-electron chi connectivity index (χ3n) is 6.48. The van der Waals surface area contributed by atoms with E-state index in [0.717, 1.165) is 21.9 Å². The van der Waals surface area contributed by atoms with Crippen LogP contribution in [0.3, 0.4) is 0 Å². The minimum absolute atomic E-state index is 0.0112. The number of benzene rings is 3. The predicted molar refractivity (Wildman–Crippen MR) is 155 cm³/mol. The summed E-state index contributed by atoms with van der Waals surface area (Å²) in [5.74, 6) is 0.331. The van der Waals surface area contributed by atoms with E-state index in [9.17, 15) is 18.0 Å². The van der Waals surface area contributed by atoms with E-state index >= 15 is 0 Å². The normalized spacial score (nSPS) is 11.8. The topological polar surface area (TPSA) is 105 Å². The highest BCUT2D eigenvalue weighted by molar-refractivity contribution is 7.92. The van der Waals surface area contributed by atoms with Crippen molar-refractivity contribution in [3.8, 4) is 11.5 Å². The number of methoxy groups -OCH3 is 2. The number of sulfonamides is 1. The summed E-state index contributed by atoms with van der Waals surface area (Å²) in [5.41, 5.74) is 2.05. The Bertz CT molecular complexity index is 1370. The van der Waals surface area contributed by atoms with Crippen molar-refractivity contribution in [2.45, 2.75) is 44.7 Å². The van der Waals surface area contributed by atoms with Crippen LogP contribution >= 0.6 is 0 Å². The van der Waals surface area contributed by atoms with Gasteiger partial charge < -0.3 is 19.7 Å². The van der Waals surface area contributed by atoms with Gasteiger partial charge in [-0.1, -0.05) is 36.8 Å². The van der Waals surface area contributed by atoms with Crippen LogP contribution in [0.15, 0.2) is 77.7 Å². The van der Waals surface area contributed by atoms with Gasteiger partial charge in [0.2, 0.25) is 11.8 Å². The number of nitrogens with zero attached hydrogens (tertiary/aromatic N) is 2. The fraction of sp³-hybridized carbons (Fsp3) is 0.333. The standard InChI is InChI=1S/C30H37N3O6S/c1-6-19-31-30(35)23(3)32(20-24-9-13-26(38-4)14-10-24)29(34)21-33(25-11-7-22(2)8-12-25)40(36,37)28-17-15-27(39-5)16-18-28/h7-18,23H,6,19-21H2,1-5H3,(H,31,35)/t23-/m0/s1. The van der Waals surface area contributed by atoms with Crippen molar-refractivity contribution in [3.63, 3.8) is 0 Å². The number of carbonyl (C=O) groups is 2. The summed E-state index contributed by atoms with van der Waals surface area (Å²) >= 11 is 0. The van der Waals surface area contributed by atoms with E-state index in [1.807, 2.05) is 26.0 Å². The van der Waals surface area contributed by atoms with Gasteiger partial charge in [-0.2, -0.15) is 0 Å². The zero-order valence-corrected chi connectivity index (χ0v) is 24.4. The van der Waals surface area contributed by atoms with Crippen LogP contribution in [0.2, 0.25) is 0 Å². The monoisotopic (exact) mass is 567 g/mol. The first-order valence-corrected chi connectivity index (χ1v) is 14.5. The molecule has 0 unspecified atom stereocenters. The molecule has 0 fully saturated rings. The first-order chi connectivity index (χ1) is 19.1. The van der Waals surface area contributed by atoms with Gasteiger partial charge in [0.05, 0.1) is 24.8 Å². The van der Waals surface area contributed by atoms with Crippen molar-refractivity contribution in [1.29, 1.82) is 0 Å². The van der Waals surface area contributed by atoms with Gasteiger partial charge in [0.1, 0.15) is 24.1 Å². The summed E-state index contributed by atoms with van der Waals surface area (Å²) in [6.07, 6.45) is 0.742. The largest absolute Gasteiger partial charge is 0.497 e. The second kappa shape index (κ2) is 13.8. The number of rotatable bonds is 13. The third kappa shape index (κ3) is 7.53. The number of aryl methyl sites for hydroxylation is 1. The maximum absolute atomic E-state index is 13.9.